The quantitative estimate of drug-likeness (QED) is 0.678. The van der Waals surface area contributed by atoms with Crippen molar-refractivity contribution in [1.29, 1.82) is 0 Å². The summed E-state index contributed by atoms with van der Waals surface area (Å²) in [5.41, 5.74) is 5.49. The maximum atomic E-state index is 11.7. The largest absolute Gasteiger partial charge is 0.330 e. The Bertz CT molecular complexity index is 287. The summed E-state index contributed by atoms with van der Waals surface area (Å²) in [6.07, 6.45) is 0.925. The lowest BCUT2D eigenvalue weighted by Crippen LogP contribution is -2.35. The predicted molar refractivity (Wildman–Crippen MR) is 73.9 cm³/mol. The Balaban J connectivity index is 4.24. The highest BCUT2D eigenvalue weighted by Gasteiger charge is 2.17. The number of nitrogens with zero attached hydrogens (tertiary/aromatic N) is 1. The Morgan fingerprint density at radius 1 is 1.12 bits per heavy atom. The molecule has 0 spiro atoms. The number of rotatable bonds is 9. The second kappa shape index (κ2) is 8.06. The van der Waals surface area contributed by atoms with Crippen LogP contribution in [0.1, 0.15) is 34.1 Å². The van der Waals surface area contributed by atoms with Gasteiger partial charge in [-0.2, -0.15) is 0 Å². The maximum absolute atomic E-state index is 11.7. The first kappa shape index (κ1) is 16.9. The van der Waals surface area contributed by atoms with Crippen molar-refractivity contribution in [1.82, 2.24) is 4.90 Å². The summed E-state index contributed by atoms with van der Waals surface area (Å²) in [4.78, 5) is 2.21. The minimum absolute atomic E-state index is 0.252. The molecule has 2 N–H and O–H groups in total. The zero-order valence-corrected chi connectivity index (χ0v) is 12.5. The van der Waals surface area contributed by atoms with Crippen LogP contribution in [0.15, 0.2) is 0 Å². The van der Waals surface area contributed by atoms with Gasteiger partial charge in [-0.1, -0.05) is 13.8 Å². The lowest BCUT2D eigenvalue weighted by atomic mass is 10.2. The average molecular weight is 264 g/mol. The van der Waals surface area contributed by atoms with Gasteiger partial charge in [0.2, 0.25) is 0 Å². The van der Waals surface area contributed by atoms with Gasteiger partial charge in [0.1, 0.15) is 0 Å². The first-order valence-corrected chi connectivity index (χ1v) is 8.15. The molecule has 0 aromatic heterocycles. The molecule has 17 heavy (non-hydrogen) atoms. The summed E-state index contributed by atoms with van der Waals surface area (Å²) >= 11 is 0. The van der Waals surface area contributed by atoms with E-state index in [4.69, 9.17) is 5.73 Å². The van der Waals surface area contributed by atoms with Crippen molar-refractivity contribution in [2.24, 2.45) is 11.7 Å². The Morgan fingerprint density at radius 3 is 2.12 bits per heavy atom. The van der Waals surface area contributed by atoms with Gasteiger partial charge < -0.3 is 10.6 Å². The lowest BCUT2D eigenvalue weighted by molar-refractivity contribution is 0.255. The lowest BCUT2D eigenvalue weighted by Gasteiger charge is -2.24. The molecule has 0 saturated heterocycles. The minimum atomic E-state index is -2.93. The van der Waals surface area contributed by atoms with E-state index in [2.05, 4.69) is 18.7 Å². The van der Waals surface area contributed by atoms with E-state index in [0.717, 1.165) is 19.5 Å². The predicted octanol–water partition coefficient (Wildman–Crippen LogP) is 1.12. The van der Waals surface area contributed by atoms with E-state index < -0.39 is 9.84 Å². The molecule has 0 fully saturated rings. The first-order valence-electron chi connectivity index (χ1n) is 6.43. The number of hydrogen-bond acceptors (Lipinski definition) is 4. The molecule has 0 atom stereocenters. The molecule has 0 aromatic carbocycles. The molecule has 0 aromatic rings. The standard InChI is InChI=1S/C12H28N2O2S/c1-11(2)10-14(7-5-6-13)8-9-17(15,16)12(3)4/h11-12H,5-10,13H2,1-4H3. The van der Waals surface area contributed by atoms with Gasteiger partial charge in [0, 0.05) is 13.1 Å². The van der Waals surface area contributed by atoms with Crippen LogP contribution < -0.4 is 5.73 Å². The van der Waals surface area contributed by atoms with Gasteiger partial charge in [-0.15, -0.1) is 0 Å². The number of nitrogens with two attached hydrogens (primary N) is 1. The van der Waals surface area contributed by atoms with E-state index >= 15 is 0 Å². The topological polar surface area (TPSA) is 63.4 Å². The van der Waals surface area contributed by atoms with Gasteiger partial charge in [-0.3, -0.25) is 0 Å². The highest BCUT2D eigenvalue weighted by molar-refractivity contribution is 7.92. The van der Waals surface area contributed by atoms with Crippen LogP contribution in [0.4, 0.5) is 0 Å². The smallest absolute Gasteiger partial charge is 0.153 e. The van der Waals surface area contributed by atoms with E-state index in [1.165, 1.54) is 0 Å². The van der Waals surface area contributed by atoms with Gasteiger partial charge in [-0.25, -0.2) is 8.42 Å². The van der Waals surface area contributed by atoms with Crippen LogP contribution >= 0.6 is 0 Å². The molecule has 5 heteroatoms. The summed E-state index contributed by atoms with van der Waals surface area (Å²) in [6, 6.07) is 0. The SMILES string of the molecule is CC(C)CN(CCCN)CCS(=O)(=O)C(C)C. The molecular formula is C12H28N2O2S. The van der Waals surface area contributed by atoms with Crippen molar-refractivity contribution in [3.63, 3.8) is 0 Å². The van der Waals surface area contributed by atoms with Crippen molar-refractivity contribution >= 4 is 9.84 Å². The van der Waals surface area contributed by atoms with Crippen LogP contribution in [0.3, 0.4) is 0 Å². The Labute approximate surface area is 106 Å². The molecule has 0 bridgehead atoms. The molecule has 0 heterocycles. The van der Waals surface area contributed by atoms with Crippen LogP contribution in [0.25, 0.3) is 0 Å². The summed E-state index contributed by atoms with van der Waals surface area (Å²) in [7, 11) is -2.93. The third-order valence-electron chi connectivity index (χ3n) is 2.71. The van der Waals surface area contributed by atoms with E-state index in [1.807, 2.05) is 0 Å². The average Bonchev–Trinajstić information content (AvgIpc) is 2.21. The molecule has 0 radical (unpaired) electrons. The monoisotopic (exact) mass is 264 g/mol. The molecule has 104 valence electrons. The van der Waals surface area contributed by atoms with Crippen molar-refractivity contribution in [2.45, 2.75) is 39.4 Å². The third kappa shape index (κ3) is 7.73. The fourth-order valence-corrected chi connectivity index (χ4v) is 2.60. The van der Waals surface area contributed by atoms with Crippen molar-refractivity contribution in [3.05, 3.63) is 0 Å². The van der Waals surface area contributed by atoms with E-state index in [1.54, 1.807) is 13.8 Å². The van der Waals surface area contributed by atoms with Crippen LogP contribution in [0, 0.1) is 5.92 Å². The van der Waals surface area contributed by atoms with Gasteiger partial charge in [0.05, 0.1) is 11.0 Å². The highest BCUT2D eigenvalue weighted by atomic mass is 32.2. The molecule has 0 rings (SSSR count). The molecule has 0 amide bonds. The maximum Gasteiger partial charge on any atom is 0.153 e. The van der Waals surface area contributed by atoms with Gasteiger partial charge >= 0.3 is 0 Å². The second-order valence-electron chi connectivity index (χ2n) is 5.25. The van der Waals surface area contributed by atoms with Crippen molar-refractivity contribution in [2.75, 3.05) is 31.9 Å². The highest BCUT2D eigenvalue weighted by Crippen LogP contribution is 2.04. The molecule has 4 nitrogen and oxygen atoms in total. The zero-order chi connectivity index (χ0) is 13.5. The third-order valence-corrected chi connectivity index (χ3v) is 4.90. The number of hydrogen-bond donors (Lipinski definition) is 1. The summed E-state index contributed by atoms with van der Waals surface area (Å²) in [5, 5.41) is -0.280. The summed E-state index contributed by atoms with van der Waals surface area (Å²) in [6.45, 7) is 10.9. The van der Waals surface area contributed by atoms with Gasteiger partial charge in [-0.05, 0) is 39.3 Å². The molecule has 0 aliphatic heterocycles. The second-order valence-corrected chi connectivity index (χ2v) is 7.93. The molecule has 0 saturated carbocycles. The Hall–Kier alpha value is -0.130. The summed E-state index contributed by atoms with van der Waals surface area (Å²) in [5.74, 6) is 0.802. The van der Waals surface area contributed by atoms with E-state index in [0.29, 0.717) is 19.0 Å². The van der Waals surface area contributed by atoms with Crippen molar-refractivity contribution in [3.8, 4) is 0 Å². The molecule has 0 aliphatic carbocycles. The van der Waals surface area contributed by atoms with Crippen LogP contribution in [0.2, 0.25) is 0 Å². The minimum Gasteiger partial charge on any atom is -0.330 e. The molecule has 0 unspecified atom stereocenters. The first-order chi connectivity index (χ1) is 7.79. The number of sulfone groups is 1. The Kier molecular flexibility index (Phi) is 8.00. The van der Waals surface area contributed by atoms with Crippen LogP contribution in [-0.2, 0) is 9.84 Å². The van der Waals surface area contributed by atoms with Gasteiger partial charge in [0.15, 0.2) is 9.84 Å². The molecular weight excluding hydrogens is 236 g/mol. The fourth-order valence-electron chi connectivity index (χ4n) is 1.62. The normalized spacial score (nSPS) is 12.9. The van der Waals surface area contributed by atoms with Crippen LogP contribution in [0.5, 0.6) is 0 Å². The van der Waals surface area contributed by atoms with Crippen LogP contribution in [-0.4, -0.2) is 50.5 Å². The fraction of sp³-hybridized carbons (Fsp3) is 1.00. The van der Waals surface area contributed by atoms with Gasteiger partial charge in [0.25, 0.3) is 0 Å². The van der Waals surface area contributed by atoms with Crippen molar-refractivity contribution < 1.29 is 8.42 Å². The zero-order valence-electron chi connectivity index (χ0n) is 11.6. The van der Waals surface area contributed by atoms with E-state index in [-0.39, 0.29) is 11.0 Å². The Morgan fingerprint density at radius 2 is 1.71 bits per heavy atom. The van der Waals surface area contributed by atoms with E-state index in [9.17, 15) is 8.42 Å². The summed E-state index contributed by atoms with van der Waals surface area (Å²) < 4.78 is 23.5. The molecule has 0 aliphatic rings.